The molecule has 3 fully saturated rings. The largest absolute Gasteiger partial charge is 0.626 e. The number of hydrogen-bond acceptors (Lipinski definition) is 3. The zero-order valence-corrected chi connectivity index (χ0v) is 17.6. The first-order valence-electron chi connectivity index (χ1n) is 10.7. The van der Waals surface area contributed by atoms with Gasteiger partial charge in [-0.3, -0.25) is 10.2 Å². The summed E-state index contributed by atoms with van der Waals surface area (Å²) < 4.78 is -0.191. The van der Waals surface area contributed by atoms with Gasteiger partial charge in [-0.05, 0) is 42.2 Å². The standard InChI is InChI=1S/C23H37N3O/c1-21(2)14-19(15-22(3,4)16-21)25-12-10-23(11-13-25)17-24-18-26(23,27)20-8-6-5-7-9-20/h5-9,19,24H,10-18H2,1-4H3. The molecule has 4 rings (SSSR count). The summed E-state index contributed by atoms with van der Waals surface area (Å²) in [5.74, 6) is 0. The van der Waals surface area contributed by atoms with Crippen LogP contribution in [0.3, 0.4) is 0 Å². The van der Waals surface area contributed by atoms with Crippen LogP contribution in [0.25, 0.3) is 0 Å². The lowest BCUT2D eigenvalue weighted by molar-refractivity contribution is -0.00488. The summed E-state index contributed by atoms with van der Waals surface area (Å²) in [7, 11) is 0. The highest BCUT2D eigenvalue weighted by Gasteiger charge is 2.53. The first kappa shape index (κ1) is 19.4. The van der Waals surface area contributed by atoms with Crippen LogP contribution in [0.15, 0.2) is 30.3 Å². The van der Waals surface area contributed by atoms with Crippen LogP contribution in [0.1, 0.15) is 59.8 Å². The highest BCUT2D eigenvalue weighted by Crippen LogP contribution is 2.49. The molecule has 2 aliphatic heterocycles. The lowest BCUT2D eigenvalue weighted by Crippen LogP contribution is -2.64. The molecule has 0 bridgehead atoms. The molecule has 1 aromatic carbocycles. The van der Waals surface area contributed by atoms with Crippen LogP contribution in [0.2, 0.25) is 0 Å². The summed E-state index contributed by atoms with van der Waals surface area (Å²) in [5, 5.41) is 17.4. The van der Waals surface area contributed by atoms with E-state index in [-0.39, 0.29) is 10.2 Å². The van der Waals surface area contributed by atoms with Crippen molar-refractivity contribution in [1.29, 1.82) is 0 Å². The van der Waals surface area contributed by atoms with Crippen LogP contribution in [0.5, 0.6) is 0 Å². The second-order valence-corrected chi connectivity index (χ2v) is 11.0. The highest BCUT2D eigenvalue weighted by atomic mass is 16.6. The molecule has 1 N–H and O–H groups in total. The van der Waals surface area contributed by atoms with Gasteiger partial charge in [0.1, 0.15) is 17.9 Å². The minimum Gasteiger partial charge on any atom is -0.626 e. The summed E-state index contributed by atoms with van der Waals surface area (Å²) in [6.07, 6.45) is 5.88. The zero-order chi connectivity index (χ0) is 19.3. The molecular weight excluding hydrogens is 334 g/mol. The lowest BCUT2D eigenvalue weighted by Gasteiger charge is -2.56. The van der Waals surface area contributed by atoms with Gasteiger partial charge in [0.25, 0.3) is 0 Å². The van der Waals surface area contributed by atoms with Crippen molar-refractivity contribution >= 4 is 5.69 Å². The van der Waals surface area contributed by atoms with Crippen LogP contribution in [0.4, 0.5) is 5.69 Å². The molecule has 1 atom stereocenters. The van der Waals surface area contributed by atoms with E-state index >= 15 is 0 Å². The summed E-state index contributed by atoms with van der Waals surface area (Å²) in [4.78, 5) is 2.71. The van der Waals surface area contributed by atoms with Crippen molar-refractivity contribution in [1.82, 2.24) is 14.9 Å². The van der Waals surface area contributed by atoms with Crippen molar-refractivity contribution in [3.8, 4) is 0 Å². The van der Waals surface area contributed by atoms with Gasteiger partial charge in [0.05, 0.1) is 6.54 Å². The van der Waals surface area contributed by atoms with E-state index in [1.165, 1.54) is 19.3 Å². The predicted molar refractivity (Wildman–Crippen MR) is 113 cm³/mol. The number of piperidine rings is 1. The fourth-order valence-corrected chi connectivity index (χ4v) is 6.66. The molecule has 0 radical (unpaired) electrons. The Bertz CT molecular complexity index is 647. The molecule has 2 heterocycles. The van der Waals surface area contributed by atoms with Gasteiger partial charge < -0.3 is 9.85 Å². The monoisotopic (exact) mass is 371 g/mol. The number of benzene rings is 1. The van der Waals surface area contributed by atoms with Gasteiger partial charge in [0, 0.05) is 32.0 Å². The number of hydrogen-bond donors (Lipinski definition) is 1. The fourth-order valence-electron chi connectivity index (χ4n) is 6.66. The quantitative estimate of drug-likeness (QED) is 0.615. The topological polar surface area (TPSA) is 38.3 Å². The summed E-state index contributed by atoms with van der Waals surface area (Å²) in [5.41, 5.74) is 1.55. The van der Waals surface area contributed by atoms with Crippen LogP contribution in [0, 0.1) is 16.0 Å². The molecule has 4 heteroatoms. The fraction of sp³-hybridized carbons (Fsp3) is 0.739. The minimum absolute atomic E-state index is 0.191. The Balaban J connectivity index is 1.50. The second-order valence-electron chi connectivity index (χ2n) is 11.0. The van der Waals surface area contributed by atoms with Crippen LogP contribution in [-0.4, -0.2) is 42.8 Å². The van der Waals surface area contributed by atoms with Gasteiger partial charge in [0.2, 0.25) is 0 Å². The van der Waals surface area contributed by atoms with Gasteiger partial charge in [0.15, 0.2) is 0 Å². The Morgan fingerprint density at radius 2 is 1.59 bits per heavy atom. The highest BCUT2D eigenvalue weighted by molar-refractivity contribution is 5.47. The third-order valence-corrected chi connectivity index (χ3v) is 7.51. The normalized spacial score (nSPS) is 33.4. The van der Waals surface area contributed by atoms with Gasteiger partial charge in [-0.2, -0.15) is 0 Å². The number of nitrogens with zero attached hydrogens (tertiary/aromatic N) is 2. The zero-order valence-electron chi connectivity index (χ0n) is 17.6. The van der Waals surface area contributed by atoms with Gasteiger partial charge >= 0.3 is 0 Å². The second kappa shape index (κ2) is 6.55. The van der Waals surface area contributed by atoms with Gasteiger partial charge in [-0.15, -0.1) is 0 Å². The molecule has 1 aliphatic carbocycles. The first-order valence-corrected chi connectivity index (χ1v) is 10.7. The van der Waals surface area contributed by atoms with Crippen molar-refractivity contribution in [2.24, 2.45) is 10.8 Å². The van der Waals surface area contributed by atoms with E-state index in [0.717, 1.165) is 38.2 Å². The van der Waals surface area contributed by atoms with E-state index < -0.39 is 0 Å². The van der Waals surface area contributed by atoms with Gasteiger partial charge in [-0.25, -0.2) is 0 Å². The van der Waals surface area contributed by atoms with E-state index in [2.05, 4.69) is 37.9 Å². The first-order chi connectivity index (χ1) is 12.6. The average molecular weight is 372 g/mol. The Labute approximate surface area is 165 Å². The number of nitrogens with one attached hydrogen (secondary N) is 1. The molecule has 27 heavy (non-hydrogen) atoms. The van der Waals surface area contributed by atoms with Crippen molar-refractivity contribution in [2.75, 3.05) is 26.3 Å². The van der Waals surface area contributed by atoms with E-state index in [9.17, 15) is 5.21 Å². The Morgan fingerprint density at radius 1 is 1.00 bits per heavy atom. The van der Waals surface area contributed by atoms with Crippen molar-refractivity contribution in [2.45, 2.75) is 71.4 Å². The molecule has 0 aromatic heterocycles. The Kier molecular flexibility index (Phi) is 4.70. The third-order valence-electron chi connectivity index (χ3n) is 7.51. The number of quaternary nitrogens is 1. The van der Waals surface area contributed by atoms with Crippen molar-refractivity contribution < 1.29 is 0 Å². The van der Waals surface area contributed by atoms with Crippen LogP contribution < -0.4 is 9.96 Å². The molecule has 150 valence electrons. The molecule has 4 nitrogen and oxygen atoms in total. The summed E-state index contributed by atoms with van der Waals surface area (Å²) in [6.45, 7) is 13.2. The maximum absolute atomic E-state index is 14.0. The van der Waals surface area contributed by atoms with E-state index in [1.807, 2.05) is 30.3 Å². The number of likely N-dealkylation sites (tertiary alicyclic amines) is 1. The molecule has 1 saturated carbocycles. The van der Waals surface area contributed by atoms with Gasteiger partial charge in [-0.1, -0.05) is 45.9 Å². The smallest absolute Gasteiger partial charge is 0.137 e. The number of rotatable bonds is 2. The molecule has 2 saturated heterocycles. The summed E-state index contributed by atoms with van der Waals surface area (Å²) in [6, 6.07) is 10.7. The van der Waals surface area contributed by atoms with Crippen LogP contribution in [-0.2, 0) is 0 Å². The van der Waals surface area contributed by atoms with E-state index in [1.54, 1.807) is 0 Å². The maximum Gasteiger partial charge on any atom is 0.137 e. The van der Waals surface area contributed by atoms with Crippen molar-refractivity contribution in [3.05, 3.63) is 35.5 Å². The Hall–Kier alpha value is -0.940. The molecule has 1 aromatic rings. The molecular formula is C23H37N3O. The average Bonchev–Trinajstić information content (AvgIpc) is 2.91. The predicted octanol–water partition coefficient (Wildman–Crippen LogP) is 4.49. The molecule has 1 unspecified atom stereocenters. The van der Waals surface area contributed by atoms with Crippen molar-refractivity contribution in [3.63, 3.8) is 0 Å². The molecule has 0 amide bonds. The summed E-state index contributed by atoms with van der Waals surface area (Å²) >= 11 is 0. The van der Waals surface area contributed by atoms with Crippen LogP contribution >= 0.6 is 0 Å². The third kappa shape index (κ3) is 3.46. The Morgan fingerprint density at radius 3 is 2.19 bits per heavy atom. The minimum atomic E-state index is -0.197. The number of para-hydroxylation sites is 1. The lowest BCUT2D eigenvalue weighted by atomic mass is 9.63. The van der Waals surface area contributed by atoms with E-state index in [4.69, 9.17) is 0 Å². The SMILES string of the molecule is CC1(C)CC(N2CCC3(CC2)CNC[N+]3([O-])c2ccccc2)CC(C)(C)C1. The molecule has 3 aliphatic rings. The van der Waals surface area contributed by atoms with E-state index in [0.29, 0.717) is 23.5 Å². The number of hydroxylamine groups is 2. The maximum atomic E-state index is 14.0. The molecule has 1 spiro atoms.